The van der Waals surface area contributed by atoms with Crippen molar-refractivity contribution in [3.8, 4) is 0 Å². The summed E-state index contributed by atoms with van der Waals surface area (Å²) in [6.07, 6.45) is 0.823. The fraction of sp³-hybridized carbons (Fsp3) is 0.429. The summed E-state index contributed by atoms with van der Waals surface area (Å²) in [5.74, 6) is -0.322. The lowest BCUT2D eigenvalue weighted by Gasteiger charge is -1.99. The Morgan fingerprint density at radius 3 is 2.77 bits per heavy atom. The van der Waals surface area contributed by atoms with Crippen LogP contribution in [0.1, 0.15) is 23.0 Å². The van der Waals surface area contributed by atoms with Crippen LogP contribution in [0, 0.1) is 0 Å². The number of hydrogen-bond donors (Lipinski definition) is 0. The van der Waals surface area contributed by atoms with Crippen LogP contribution in [0.4, 0.5) is 0 Å². The minimum Gasteiger partial charge on any atom is -0.461 e. The van der Waals surface area contributed by atoms with Crippen LogP contribution in [0.15, 0.2) is 9.08 Å². The molecule has 0 aliphatic heterocycles. The number of esters is 1. The molecular formula is C7H7Br2NO2S. The number of carbonyl (C=O) groups excluding carboxylic acids is 1. The van der Waals surface area contributed by atoms with Crippen molar-refractivity contribution in [2.45, 2.75) is 13.3 Å². The van der Waals surface area contributed by atoms with E-state index in [9.17, 15) is 4.79 Å². The van der Waals surface area contributed by atoms with Gasteiger partial charge < -0.3 is 4.74 Å². The summed E-state index contributed by atoms with van der Waals surface area (Å²) >= 11 is 7.56. The fourth-order valence-corrected chi connectivity index (χ4v) is 2.35. The average molecular weight is 329 g/mol. The van der Waals surface area contributed by atoms with Crippen LogP contribution < -0.4 is 0 Å². The Hall–Kier alpha value is 0.0600. The van der Waals surface area contributed by atoms with Crippen LogP contribution in [0.5, 0.6) is 0 Å². The summed E-state index contributed by atoms with van der Waals surface area (Å²) in [5.41, 5.74) is 0. The zero-order valence-electron chi connectivity index (χ0n) is 6.84. The van der Waals surface area contributed by atoms with E-state index in [2.05, 4.69) is 36.2 Å². The van der Waals surface area contributed by atoms with Crippen LogP contribution in [-0.4, -0.2) is 16.9 Å². The fourth-order valence-electron chi connectivity index (χ4n) is 0.647. The second kappa shape index (κ2) is 5.07. The van der Waals surface area contributed by atoms with Gasteiger partial charge in [0.05, 0.1) is 11.1 Å². The van der Waals surface area contributed by atoms with Gasteiger partial charge >= 0.3 is 5.97 Å². The Labute approximate surface area is 96.9 Å². The molecule has 0 radical (unpaired) electrons. The normalized spacial score (nSPS) is 10.1. The first-order valence-electron chi connectivity index (χ1n) is 3.64. The molecule has 1 heterocycles. The summed E-state index contributed by atoms with van der Waals surface area (Å²) in [7, 11) is 0. The molecule has 0 saturated carbocycles. The molecule has 0 amide bonds. The Bertz CT molecular complexity index is 313. The van der Waals surface area contributed by atoms with E-state index in [0.717, 1.165) is 18.0 Å². The van der Waals surface area contributed by atoms with Crippen molar-refractivity contribution in [1.29, 1.82) is 0 Å². The Balaban J connectivity index is 2.71. The first kappa shape index (κ1) is 11.1. The van der Waals surface area contributed by atoms with Crippen LogP contribution >= 0.6 is 43.4 Å². The van der Waals surface area contributed by atoms with Gasteiger partial charge in [-0.1, -0.05) is 6.92 Å². The van der Waals surface area contributed by atoms with Crippen LogP contribution in [0.25, 0.3) is 0 Å². The SMILES string of the molecule is CCCOC(=O)c1snc(Br)c1Br. The standard InChI is InChI=1S/C7H7Br2NO2S/c1-2-3-12-7(11)5-4(8)6(9)10-13-5/h2-3H2,1H3. The van der Waals surface area contributed by atoms with Crippen molar-refractivity contribution in [2.75, 3.05) is 6.61 Å². The summed E-state index contributed by atoms with van der Waals surface area (Å²) in [6, 6.07) is 0. The van der Waals surface area contributed by atoms with Crippen molar-refractivity contribution in [3.05, 3.63) is 14.0 Å². The molecule has 13 heavy (non-hydrogen) atoms. The molecule has 0 atom stereocenters. The van der Waals surface area contributed by atoms with Gasteiger partial charge in [0.2, 0.25) is 0 Å². The first-order valence-corrected chi connectivity index (χ1v) is 6.00. The van der Waals surface area contributed by atoms with Crippen LogP contribution in [0.2, 0.25) is 0 Å². The monoisotopic (exact) mass is 327 g/mol. The zero-order chi connectivity index (χ0) is 9.84. The van der Waals surface area contributed by atoms with Crippen molar-refractivity contribution < 1.29 is 9.53 Å². The molecule has 0 unspecified atom stereocenters. The van der Waals surface area contributed by atoms with E-state index >= 15 is 0 Å². The van der Waals surface area contributed by atoms with Crippen LogP contribution in [0.3, 0.4) is 0 Å². The maximum absolute atomic E-state index is 11.3. The molecular weight excluding hydrogens is 322 g/mol. The number of rotatable bonds is 3. The third kappa shape index (κ3) is 2.75. The van der Waals surface area contributed by atoms with Gasteiger partial charge in [0.25, 0.3) is 0 Å². The molecule has 0 aliphatic rings. The largest absolute Gasteiger partial charge is 0.461 e. The number of halogens is 2. The van der Waals surface area contributed by atoms with E-state index < -0.39 is 0 Å². The van der Waals surface area contributed by atoms with Gasteiger partial charge in [-0.3, -0.25) is 0 Å². The first-order chi connectivity index (χ1) is 6.16. The smallest absolute Gasteiger partial charge is 0.351 e. The van der Waals surface area contributed by atoms with Gasteiger partial charge in [-0.2, -0.15) is 4.37 Å². The van der Waals surface area contributed by atoms with Crippen LogP contribution in [-0.2, 0) is 4.74 Å². The zero-order valence-corrected chi connectivity index (χ0v) is 10.8. The maximum atomic E-state index is 11.3. The lowest BCUT2D eigenvalue weighted by atomic mass is 10.5. The van der Waals surface area contributed by atoms with E-state index in [-0.39, 0.29) is 5.97 Å². The minimum absolute atomic E-state index is 0.322. The topological polar surface area (TPSA) is 39.2 Å². The Kier molecular flexibility index (Phi) is 4.34. The molecule has 0 bridgehead atoms. The molecule has 0 aliphatic carbocycles. The molecule has 6 heteroatoms. The Morgan fingerprint density at radius 2 is 2.31 bits per heavy atom. The van der Waals surface area contributed by atoms with Crippen molar-refractivity contribution in [2.24, 2.45) is 0 Å². The molecule has 72 valence electrons. The number of hydrogen-bond acceptors (Lipinski definition) is 4. The van der Waals surface area contributed by atoms with E-state index in [1.165, 1.54) is 0 Å². The highest BCUT2D eigenvalue weighted by atomic mass is 79.9. The second-order valence-corrected chi connectivity index (χ2v) is 4.57. The van der Waals surface area contributed by atoms with Gasteiger partial charge in [-0.15, -0.1) is 0 Å². The summed E-state index contributed by atoms with van der Waals surface area (Å²) in [4.78, 5) is 11.8. The van der Waals surface area contributed by atoms with Crippen molar-refractivity contribution in [3.63, 3.8) is 0 Å². The molecule has 1 aromatic rings. The van der Waals surface area contributed by atoms with E-state index in [1.807, 2.05) is 6.92 Å². The summed E-state index contributed by atoms with van der Waals surface area (Å²) in [5, 5.41) is 0. The number of aromatic nitrogens is 1. The van der Waals surface area contributed by atoms with Crippen molar-refractivity contribution in [1.82, 2.24) is 4.37 Å². The van der Waals surface area contributed by atoms with E-state index in [0.29, 0.717) is 20.6 Å². The molecule has 0 N–H and O–H groups in total. The van der Waals surface area contributed by atoms with Gasteiger partial charge in [-0.25, -0.2) is 4.79 Å². The lowest BCUT2D eigenvalue weighted by molar-refractivity contribution is 0.0510. The predicted molar refractivity (Wildman–Crippen MR) is 58.1 cm³/mol. The number of carbonyl (C=O) groups is 1. The molecule has 3 nitrogen and oxygen atoms in total. The summed E-state index contributed by atoms with van der Waals surface area (Å²) < 4.78 is 10.2. The highest BCUT2D eigenvalue weighted by molar-refractivity contribution is 9.13. The molecule has 0 saturated heterocycles. The maximum Gasteiger partial charge on any atom is 0.351 e. The number of nitrogens with zero attached hydrogens (tertiary/aromatic N) is 1. The molecule has 0 fully saturated rings. The highest BCUT2D eigenvalue weighted by Crippen LogP contribution is 2.29. The van der Waals surface area contributed by atoms with Gasteiger partial charge in [0.15, 0.2) is 0 Å². The summed E-state index contributed by atoms with van der Waals surface area (Å²) in [6.45, 7) is 2.39. The predicted octanol–water partition coefficient (Wildman–Crippen LogP) is 3.23. The average Bonchev–Trinajstić information content (AvgIpc) is 2.44. The quantitative estimate of drug-likeness (QED) is 0.800. The molecule has 0 aromatic carbocycles. The number of ether oxygens (including phenoxy) is 1. The molecule has 0 spiro atoms. The lowest BCUT2D eigenvalue weighted by Crippen LogP contribution is -2.04. The third-order valence-electron chi connectivity index (χ3n) is 1.22. The van der Waals surface area contributed by atoms with E-state index in [4.69, 9.17) is 4.74 Å². The minimum atomic E-state index is -0.322. The van der Waals surface area contributed by atoms with Gasteiger partial charge in [-0.05, 0) is 49.8 Å². The molecule has 1 rings (SSSR count). The van der Waals surface area contributed by atoms with Crippen molar-refractivity contribution >= 4 is 49.4 Å². The molecule has 1 aromatic heterocycles. The van der Waals surface area contributed by atoms with E-state index in [1.54, 1.807) is 0 Å². The highest BCUT2D eigenvalue weighted by Gasteiger charge is 2.17. The van der Waals surface area contributed by atoms with Gasteiger partial charge in [0, 0.05) is 0 Å². The third-order valence-corrected chi connectivity index (χ3v) is 4.42. The second-order valence-electron chi connectivity index (χ2n) is 2.25. The Morgan fingerprint density at radius 1 is 1.62 bits per heavy atom. The van der Waals surface area contributed by atoms with Gasteiger partial charge in [0.1, 0.15) is 9.48 Å².